The zero-order chi connectivity index (χ0) is 37.6. The molecule has 264 valence electrons. The van der Waals surface area contributed by atoms with Gasteiger partial charge in [0.25, 0.3) is 0 Å². The Labute approximate surface area is 324 Å². The predicted octanol–water partition coefficient (Wildman–Crippen LogP) is 13.6. The van der Waals surface area contributed by atoms with Crippen molar-refractivity contribution >= 4 is 22.7 Å². The van der Waals surface area contributed by atoms with Gasteiger partial charge in [0.05, 0.1) is 28.2 Å². The summed E-state index contributed by atoms with van der Waals surface area (Å²) in [7, 11) is 0. The Morgan fingerprint density at radius 2 is 1.20 bits per heavy atom. The molecule has 0 radical (unpaired) electrons. The van der Waals surface area contributed by atoms with E-state index in [1.54, 1.807) is 6.08 Å². The maximum atomic E-state index is 3.61. The Balaban J connectivity index is 0.000000521. The normalized spacial score (nSPS) is 17.1. The second-order valence-electron chi connectivity index (χ2n) is 14.8. The van der Waals surface area contributed by atoms with Crippen LogP contribution < -0.4 is 10.2 Å². The number of nitrogens with one attached hydrogen (secondary N) is 1. The fourth-order valence-electron chi connectivity index (χ4n) is 9.20. The molecule has 1 spiro atoms. The Kier molecular flexibility index (Phi) is 8.37. The zero-order valence-electron chi connectivity index (χ0n) is 31.5. The summed E-state index contributed by atoms with van der Waals surface area (Å²) >= 11 is 0. The van der Waals surface area contributed by atoms with Crippen LogP contribution in [0.4, 0.5) is 22.7 Å². The summed E-state index contributed by atoms with van der Waals surface area (Å²) in [6.07, 6.45) is 15.4. The lowest BCUT2D eigenvalue weighted by molar-refractivity contribution is 0.632. The highest BCUT2D eigenvalue weighted by atomic mass is 15.2. The predicted molar refractivity (Wildman–Crippen MR) is 232 cm³/mol. The Hall–Kier alpha value is -6.82. The number of fused-ring (bicyclic) bond motifs is 12. The molecule has 3 aliphatic carbocycles. The van der Waals surface area contributed by atoms with Crippen molar-refractivity contribution in [2.75, 3.05) is 10.2 Å². The largest absolute Gasteiger partial charge is 0.349 e. The number of hydrogen-bond acceptors (Lipinski definition) is 2. The summed E-state index contributed by atoms with van der Waals surface area (Å²) in [5.41, 5.74) is 24.5. The average Bonchev–Trinajstić information content (AvgIpc) is 3.69. The highest BCUT2D eigenvalue weighted by Crippen LogP contribution is 2.65. The first-order chi connectivity index (χ1) is 27.0. The standard InChI is InChI=1S/C46H32N2.C7H10/c1-45(2)37-21-10-12-24-41(37)48(42-25-13-11-22-38(42)45)43-26-14-23-39-44(43)34-18-7-9-20-36(34)46(39)35-19-8-6-17-32(35)33-28-27-31(29-40(33)46)47-30-15-4-3-5-16-30;1-3-5-7-6-4-2/h3-4,6-15,17-29,47H,1-2H3;3-7H,1H2,2H3/b;6-4-,7-5-. The van der Waals surface area contributed by atoms with Crippen LogP contribution in [0.5, 0.6) is 0 Å². The van der Waals surface area contributed by atoms with Crippen molar-refractivity contribution in [3.8, 4) is 22.3 Å². The van der Waals surface area contributed by atoms with E-state index in [1.807, 2.05) is 49.5 Å². The maximum Gasteiger partial charge on any atom is 0.0901 e. The summed E-state index contributed by atoms with van der Waals surface area (Å²) in [4.78, 5) is 2.52. The first-order valence-electron chi connectivity index (χ1n) is 19.0. The van der Waals surface area contributed by atoms with Gasteiger partial charge in [0, 0.05) is 16.7 Å². The molecule has 0 aromatic heterocycles. The van der Waals surface area contributed by atoms with Crippen molar-refractivity contribution < 1.29 is 0 Å². The molecule has 2 heteroatoms. The van der Waals surface area contributed by atoms with Crippen LogP contribution >= 0.6 is 0 Å². The molecular formula is C53H42N2. The van der Waals surface area contributed by atoms with Gasteiger partial charge in [-0.2, -0.15) is 0 Å². The van der Waals surface area contributed by atoms with E-state index in [2.05, 4.69) is 176 Å². The number of allylic oxidation sites excluding steroid dienone is 8. The summed E-state index contributed by atoms with van der Waals surface area (Å²) in [6.45, 7) is 10.2. The monoisotopic (exact) mass is 706 g/mol. The number of hydrogen-bond donors (Lipinski definition) is 1. The molecule has 1 aliphatic heterocycles. The molecule has 0 saturated heterocycles. The molecule has 2 nitrogen and oxygen atoms in total. The molecule has 6 aromatic rings. The van der Waals surface area contributed by atoms with Gasteiger partial charge in [-0.05, 0) is 105 Å². The molecule has 0 amide bonds. The Bertz CT molecular complexity index is 2670. The van der Waals surface area contributed by atoms with E-state index >= 15 is 0 Å². The van der Waals surface area contributed by atoms with Crippen molar-refractivity contribution in [3.63, 3.8) is 0 Å². The first kappa shape index (κ1) is 34.0. The summed E-state index contributed by atoms with van der Waals surface area (Å²) < 4.78 is 0. The van der Waals surface area contributed by atoms with Gasteiger partial charge in [0.15, 0.2) is 0 Å². The summed E-state index contributed by atoms with van der Waals surface area (Å²) in [6, 6.07) is 49.8. The van der Waals surface area contributed by atoms with Crippen molar-refractivity contribution in [2.24, 2.45) is 0 Å². The van der Waals surface area contributed by atoms with Gasteiger partial charge in [0.2, 0.25) is 0 Å². The highest BCUT2D eigenvalue weighted by Gasteiger charge is 2.53. The molecule has 1 heterocycles. The van der Waals surface area contributed by atoms with Crippen LogP contribution in [-0.4, -0.2) is 0 Å². The minimum Gasteiger partial charge on any atom is -0.349 e. The lowest BCUT2D eigenvalue weighted by Crippen LogP contribution is -2.31. The minimum absolute atomic E-state index is 0.124. The van der Waals surface area contributed by atoms with Gasteiger partial charge < -0.3 is 10.2 Å². The molecule has 0 bridgehead atoms. The van der Waals surface area contributed by atoms with Gasteiger partial charge in [0.1, 0.15) is 0 Å². The average molecular weight is 707 g/mol. The van der Waals surface area contributed by atoms with Crippen molar-refractivity contribution in [1.29, 1.82) is 0 Å². The van der Waals surface area contributed by atoms with Crippen LogP contribution in [0, 0.1) is 0 Å². The Morgan fingerprint density at radius 3 is 1.87 bits per heavy atom. The third-order valence-electron chi connectivity index (χ3n) is 11.4. The van der Waals surface area contributed by atoms with E-state index < -0.39 is 5.41 Å². The molecule has 4 aliphatic rings. The lowest BCUT2D eigenvalue weighted by Gasteiger charge is -2.42. The van der Waals surface area contributed by atoms with Crippen LogP contribution in [-0.2, 0) is 10.8 Å². The molecule has 1 atom stereocenters. The summed E-state index contributed by atoms with van der Waals surface area (Å²) in [5.74, 6) is 0. The molecule has 0 saturated carbocycles. The fourth-order valence-corrected chi connectivity index (χ4v) is 9.20. The van der Waals surface area contributed by atoms with E-state index in [9.17, 15) is 0 Å². The SMILES string of the molecule is C=C/C=C\C=C/C.CC1(C)c2ccccc2N(c2cccc3c2-c2ccccc2C32c3ccccc3-c3ccc(NC4=C=C=CC=C4)cc32)c2ccccc21. The number of para-hydroxylation sites is 2. The first-order valence-corrected chi connectivity index (χ1v) is 19.0. The van der Waals surface area contributed by atoms with E-state index in [1.165, 1.54) is 72.7 Å². The van der Waals surface area contributed by atoms with Crippen molar-refractivity contribution in [1.82, 2.24) is 0 Å². The van der Waals surface area contributed by atoms with Crippen molar-refractivity contribution in [3.05, 3.63) is 239 Å². The molecule has 6 aromatic carbocycles. The van der Waals surface area contributed by atoms with Gasteiger partial charge in [-0.15, -0.1) is 0 Å². The molecule has 1 unspecified atom stereocenters. The third kappa shape index (κ3) is 5.19. The fraction of sp³-hybridized carbons (Fsp3) is 0.0943. The van der Waals surface area contributed by atoms with Crippen LogP contribution in [0.15, 0.2) is 206 Å². The number of nitrogens with zero attached hydrogens (tertiary/aromatic N) is 1. The van der Waals surface area contributed by atoms with Gasteiger partial charge >= 0.3 is 0 Å². The van der Waals surface area contributed by atoms with Crippen LogP contribution in [0.2, 0.25) is 0 Å². The molecule has 55 heavy (non-hydrogen) atoms. The third-order valence-corrected chi connectivity index (χ3v) is 11.4. The molecule has 10 rings (SSSR count). The van der Waals surface area contributed by atoms with Crippen molar-refractivity contribution in [2.45, 2.75) is 31.6 Å². The van der Waals surface area contributed by atoms with Gasteiger partial charge in [-0.3, -0.25) is 0 Å². The van der Waals surface area contributed by atoms with Crippen LogP contribution in [0.3, 0.4) is 0 Å². The minimum atomic E-state index is -0.466. The number of rotatable bonds is 5. The number of benzene rings is 6. The van der Waals surface area contributed by atoms with E-state index in [0.717, 1.165) is 11.4 Å². The molecule has 0 fully saturated rings. The summed E-state index contributed by atoms with van der Waals surface area (Å²) in [5, 5.41) is 3.61. The van der Waals surface area contributed by atoms with Gasteiger partial charge in [-0.25, -0.2) is 0 Å². The van der Waals surface area contributed by atoms with E-state index in [-0.39, 0.29) is 5.41 Å². The number of anilines is 4. The smallest absolute Gasteiger partial charge is 0.0901 e. The second-order valence-corrected chi connectivity index (χ2v) is 14.8. The van der Waals surface area contributed by atoms with Crippen LogP contribution in [0.25, 0.3) is 22.3 Å². The van der Waals surface area contributed by atoms with E-state index in [4.69, 9.17) is 0 Å². The highest BCUT2D eigenvalue weighted by molar-refractivity contribution is 6.02. The van der Waals surface area contributed by atoms with Crippen LogP contribution in [0.1, 0.15) is 54.2 Å². The molecule has 1 N–H and O–H groups in total. The van der Waals surface area contributed by atoms with Gasteiger partial charge in [-0.1, -0.05) is 166 Å². The topological polar surface area (TPSA) is 15.3 Å². The quantitative estimate of drug-likeness (QED) is 0.142. The second kappa shape index (κ2) is 13.5. The lowest BCUT2D eigenvalue weighted by atomic mass is 9.70. The Morgan fingerprint density at radius 1 is 0.600 bits per heavy atom. The maximum absolute atomic E-state index is 3.61. The molecular weight excluding hydrogens is 665 g/mol. The zero-order valence-corrected chi connectivity index (χ0v) is 31.5. The van der Waals surface area contributed by atoms with E-state index in [0.29, 0.717) is 0 Å².